The van der Waals surface area contributed by atoms with E-state index in [1.165, 1.54) is 12.4 Å². The second-order valence-electron chi connectivity index (χ2n) is 9.51. The average molecular weight is 477 g/mol. The first kappa shape index (κ1) is 23.2. The van der Waals surface area contributed by atoms with Crippen LogP contribution in [0.25, 0.3) is 0 Å². The van der Waals surface area contributed by atoms with Crippen molar-refractivity contribution in [3.05, 3.63) is 18.2 Å². The lowest BCUT2D eigenvalue weighted by atomic mass is 10.1. The first-order valence-corrected chi connectivity index (χ1v) is 12.4. The Bertz CT molecular complexity index is 856. The van der Waals surface area contributed by atoms with Crippen LogP contribution in [0.15, 0.2) is 12.4 Å². The summed E-state index contributed by atoms with van der Waals surface area (Å²) in [6, 6.07) is -0.302. The van der Waals surface area contributed by atoms with Gasteiger partial charge in [0.2, 0.25) is 11.9 Å². The van der Waals surface area contributed by atoms with Crippen LogP contribution in [0.5, 0.6) is 0 Å². The molecule has 34 heavy (non-hydrogen) atoms. The monoisotopic (exact) mass is 476 g/mol. The number of aromatic nitrogens is 2. The number of likely N-dealkylation sites (tertiary alicyclic amines) is 2. The summed E-state index contributed by atoms with van der Waals surface area (Å²) < 4.78 is 24.9. The fourth-order valence-corrected chi connectivity index (χ4v) is 5.14. The molecule has 5 heterocycles. The molecule has 186 valence electrons. The van der Waals surface area contributed by atoms with Gasteiger partial charge in [-0.3, -0.25) is 4.79 Å². The third kappa shape index (κ3) is 5.10. The van der Waals surface area contributed by atoms with Gasteiger partial charge in [-0.2, -0.15) is 0 Å². The van der Waals surface area contributed by atoms with E-state index in [2.05, 4.69) is 15.3 Å². The van der Waals surface area contributed by atoms with E-state index in [1.54, 1.807) is 0 Å². The van der Waals surface area contributed by atoms with Gasteiger partial charge in [0.05, 0.1) is 37.2 Å². The van der Waals surface area contributed by atoms with Crippen molar-refractivity contribution in [2.45, 2.75) is 62.8 Å². The zero-order chi connectivity index (χ0) is 23.5. The van der Waals surface area contributed by atoms with Crippen LogP contribution in [-0.4, -0.2) is 102 Å². The van der Waals surface area contributed by atoms with Crippen molar-refractivity contribution in [3.8, 4) is 0 Å². The molecule has 1 aromatic heterocycles. The quantitative estimate of drug-likeness (QED) is 0.658. The summed E-state index contributed by atoms with van der Waals surface area (Å²) in [6.45, 7) is 4.64. The van der Waals surface area contributed by atoms with Gasteiger partial charge < -0.3 is 29.5 Å². The number of hydrogen-bond acceptors (Lipinski definition) is 7. The molecule has 0 radical (unpaired) electrons. The normalized spacial score (nSPS) is 27.7. The summed E-state index contributed by atoms with van der Waals surface area (Å²) in [5.74, 6) is -0.00535. The smallest absolute Gasteiger partial charge is 0.320 e. The van der Waals surface area contributed by atoms with E-state index < -0.39 is 5.82 Å². The molecule has 0 aromatic carbocycles. The molecule has 4 aliphatic heterocycles. The topological polar surface area (TPSA) is 100 Å². The summed E-state index contributed by atoms with van der Waals surface area (Å²) in [5, 5.41) is 3.14. The average Bonchev–Trinajstić information content (AvgIpc) is 3.48. The lowest BCUT2D eigenvalue weighted by Gasteiger charge is -2.38. The number of ether oxygens (including phenoxy) is 2. The number of rotatable bonds is 6. The van der Waals surface area contributed by atoms with Crippen LogP contribution in [0.3, 0.4) is 0 Å². The minimum absolute atomic E-state index is 0.0389. The SMILES string of the molecule is O=C(N[C@H]1CCN(C(=O)N2CCC2)[C@H]1COC1CCN(c2ncc(F)cn2)CC1)[C@@H]1CCCO1. The molecule has 5 rings (SSSR count). The Morgan fingerprint density at radius 3 is 2.47 bits per heavy atom. The maximum atomic E-state index is 13.1. The van der Waals surface area contributed by atoms with Gasteiger partial charge in [-0.1, -0.05) is 0 Å². The molecule has 11 heteroatoms. The molecule has 3 atom stereocenters. The van der Waals surface area contributed by atoms with Gasteiger partial charge in [0, 0.05) is 39.3 Å². The number of anilines is 1. The molecule has 10 nitrogen and oxygen atoms in total. The minimum atomic E-state index is -0.447. The van der Waals surface area contributed by atoms with E-state index in [0.717, 1.165) is 58.3 Å². The van der Waals surface area contributed by atoms with E-state index in [-0.39, 0.29) is 36.2 Å². The highest BCUT2D eigenvalue weighted by atomic mass is 19.1. The largest absolute Gasteiger partial charge is 0.376 e. The fraction of sp³-hybridized carbons (Fsp3) is 0.739. The summed E-state index contributed by atoms with van der Waals surface area (Å²) in [4.78, 5) is 39.6. The predicted octanol–water partition coefficient (Wildman–Crippen LogP) is 1.16. The Hall–Kier alpha value is -2.53. The zero-order valence-corrected chi connectivity index (χ0v) is 19.4. The van der Waals surface area contributed by atoms with Crippen molar-refractivity contribution < 1.29 is 23.5 Å². The Labute approximate surface area is 198 Å². The van der Waals surface area contributed by atoms with Crippen LogP contribution in [0.1, 0.15) is 38.5 Å². The molecule has 4 saturated heterocycles. The second-order valence-corrected chi connectivity index (χ2v) is 9.51. The van der Waals surface area contributed by atoms with Crippen molar-refractivity contribution in [1.29, 1.82) is 0 Å². The molecule has 0 unspecified atom stereocenters. The first-order valence-electron chi connectivity index (χ1n) is 12.4. The number of hydrogen-bond donors (Lipinski definition) is 1. The van der Waals surface area contributed by atoms with Crippen molar-refractivity contribution >= 4 is 17.9 Å². The van der Waals surface area contributed by atoms with Gasteiger partial charge in [-0.15, -0.1) is 0 Å². The maximum absolute atomic E-state index is 13.1. The fourth-order valence-electron chi connectivity index (χ4n) is 5.14. The van der Waals surface area contributed by atoms with Gasteiger partial charge in [0.25, 0.3) is 0 Å². The number of piperidine rings is 1. The van der Waals surface area contributed by atoms with Crippen LogP contribution in [0.2, 0.25) is 0 Å². The van der Waals surface area contributed by atoms with Crippen LogP contribution in [-0.2, 0) is 14.3 Å². The van der Waals surface area contributed by atoms with Crippen molar-refractivity contribution in [3.63, 3.8) is 0 Å². The van der Waals surface area contributed by atoms with E-state index in [9.17, 15) is 14.0 Å². The standard InChI is InChI=1S/C23H33FN6O4/c24-16-13-25-22(26-14-16)28-9-4-17(5-10-28)34-15-19-18(27-21(31)20-3-1-12-33-20)6-11-30(19)23(32)29-7-2-8-29/h13-14,17-20H,1-12,15H2,(H,27,31)/t18-,19-,20-/m0/s1. The zero-order valence-electron chi connectivity index (χ0n) is 19.4. The number of amides is 3. The Morgan fingerprint density at radius 2 is 1.82 bits per heavy atom. The molecule has 4 aliphatic rings. The number of urea groups is 1. The van der Waals surface area contributed by atoms with Crippen LogP contribution in [0.4, 0.5) is 15.1 Å². The van der Waals surface area contributed by atoms with Crippen LogP contribution < -0.4 is 10.2 Å². The van der Waals surface area contributed by atoms with Gasteiger partial charge in [-0.05, 0) is 38.5 Å². The third-order valence-corrected chi connectivity index (χ3v) is 7.30. The third-order valence-electron chi connectivity index (χ3n) is 7.30. The number of carbonyl (C=O) groups is 2. The van der Waals surface area contributed by atoms with E-state index in [1.807, 2.05) is 14.7 Å². The van der Waals surface area contributed by atoms with Crippen molar-refractivity contribution in [2.24, 2.45) is 0 Å². The Balaban J connectivity index is 1.17. The highest BCUT2D eigenvalue weighted by molar-refractivity contribution is 5.82. The predicted molar refractivity (Wildman–Crippen MR) is 121 cm³/mol. The highest BCUT2D eigenvalue weighted by Crippen LogP contribution is 2.25. The van der Waals surface area contributed by atoms with E-state index in [4.69, 9.17) is 9.47 Å². The molecule has 4 fully saturated rings. The molecule has 3 amide bonds. The number of nitrogens with one attached hydrogen (secondary N) is 1. The number of carbonyl (C=O) groups excluding carboxylic acids is 2. The first-order chi connectivity index (χ1) is 16.6. The Morgan fingerprint density at radius 1 is 1.06 bits per heavy atom. The molecule has 1 aromatic rings. The maximum Gasteiger partial charge on any atom is 0.320 e. The molecule has 0 bridgehead atoms. The van der Waals surface area contributed by atoms with E-state index >= 15 is 0 Å². The molecule has 0 spiro atoms. The molecule has 0 aliphatic carbocycles. The molecule has 1 N–H and O–H groups in total. The summed E-state index contributed by atoms with van der Waals surface area (Å²) in [7, 11) is 0. The van der Waals surface area contributed by atoms with Gasteiger partial charge >= 0.3 is 6.03 Å². The summed E-state index contributed by atoms with van der Waals surface area (Å²) in [5.41, 5.74) is 0. The summed E-state index contributed by atoms with van der Waals surface area (Å²) in [6.07, 6.45) is 7.00. The molecular formula is C23H33FN6O4. The van der Waals surface area contributed by atoms with Gasteiger partial charge in [-0.25, -0.2) is 19.2 Å². The van der Waals surface area contributed by atoms with Crippen LogP contribution in [0, 0.1) is 5.82 Å². The molecule has 0 saturated carbocycles. The second kappa shape index (κ2) is 10.4. The van der Waals surface area contributed by atoms with E-state index in [0.29, 0.717) is 32.1 Å². The molecular weight excluding hydrogens is 443 g/mol. The highest BCUT2D eigenvalue weighted by Gasteiger charge is 2.42. The number of halogens is 1. The van der Waals surface area contributed by atoms with Crippen molar-refractivity contribution in [2.75, 3.05) is 50.8 Å². The lowest BCUT2D eigenvalue weighted by molar-refractivity contribution is -0.131. The lowest BCUT2D eigenvalue weighted by Crippen LogP contribution is -2.56. The van der Waals surface area contributed by atoms with Crippen molar-refractivity contribution in [1.82, 2.24) is 25.1 Å². The number of nitrogens with zero attached hydrogens (tertiary/aromatic N) is 5. The van der Waals surface area contributed by atoms with Gasteiger partial charge in [0.15, 0.2) is 5.82 Å². The Kier molecular flexibility index (Phi) is 7.10. The van der Waals surface area contributed by atoms with Crippen LogP contribution >= 0.6 is 0 Å². The summed E-state index contributed by atoms with van der Waals surface area (Å²) >= 11 is 0. The van der Waals surface area contributed by atoms with Gasteiger partial charge in [0.1, 0.15) is 6.10 Å². The minimum Gasteiger partial charge on any atom is -0.376 e.